The standard InChI is InChI=1S/C15H23N3O/c1-9(2)15(4-3-5-15)13(17)14(19)18-11(8-16)6-10-7-12(10)18/h9-13H,3-7,17H2,1-2H3/t10-,11+,12+,13-/m1/s1. The molecule has 3 fully saturated rings. The van der Waals surface area contributed by atoms with Gasteiger partial charge in [0, 0.05) is 6.04 Å². The molecule has 4 nitrogen and oxygen atoms in total. The summed E-state index contributed by atoms with van der Waals surface area (Å²) in [6.45, 7) is 4.33. The van der Waals surface area contributed by atoms with Crippen LogP contribution in [0.2, 0.25) is 0 Å². The average molecular weight is 261 g/mol. The van der Waals surface area contributed by atoms with E-state index in [1.54, 1.807) is 0 Å². The maximum absolute atomic E-state index is 12.7. The summed E-state index contributed by atoms with van der Waals surface area (Å²) in [4.78, 5) is 14.6. The fourth-order valence-corrected chi connectivity index (χ4v) is 4.13. The van der Waals surface area contributed by atoms with Crippen LogP contribution in [-0.4, -0.2) is 28.9 Å². The van der Waals surface area contributed by atoms with E-state index in [0.29, 0.717) is 17.9 Å². The molecule has 2 aliphatic carbocycles. The zero-order chi connectivity index (χ0) is 13.8. The molecule has 2 saturated carbocycles. The first kappa shape index (κ1) is 12.9. The molecule has 0 aromatic carbocycles. The highest BCUT2D eigenvalue weighted by atomic mass is 16.2. The van der Waals surface area contributed by atoms with E-state index in [1.165, 1.54) is 6.42 Å². The van der Waals surface area contributed by atoms with E-state index >= 15 is 0 Å². The summed E-state index contributed by atoms with van der Waals surface area (Å²) in [6, 6.07) is 1.94. The van der Waals surface area contributed by atoms with Gasteiger partial charge in [0.2, 0.25) is 5.91 Å². The van der Waals surface area contributed by atoms with Gasteiger partial charge in [0.05, 0.1) is 12.1 Å². The van der Waals surface area contributed by atoms with Crippen molar-refractivity contribution in [3.05, 3.63) is 0 Å². The van der Waals surface area contributed by atoms with Gasteiger partial charge in [-0.05, 0) is 42.9 Å². The van der Waals surface area contributed by atoms with Gasteiger partial charge in [-0.2, -0.15) is 5.26 Å². The van der Waals surface area contributed by atoms with Crippen LogP contribution < -0.4 is 5.73 Å². The number of piperidine rings is 1. The molecule has 0 bridgehead atoms. The zero-order valence-corrected chi connectivity index (χ0v) is 11.8. The fourth-order valence-electron chi connectivity index (χ4n) is 4.13. The first-order valence-electron chi connectivity index (χ1n) is 7.48. The lowest BCUT2D eigenvalue weighted by atomic mass is 9.58. The van der Waals surface area contributed by atoms with E-state index in [1.807, 2.05) is 4.90 Å². The van der Waals surface area contributed by atoms with E-state index in [4.69, 9.17) is 5.73 Å². The smallest absolute Gasteiger partial charge is 0.241 e. The molecular weight excluding hydrogens is 238 g/mol. The Hall–Kier alpha value is -1.08. The Kier molecular flexibility index (Phi) is 2.86. The molecule has 0 aromatic rings. The summed E-state index contributed by atoms with van der Waals surface area (Å²) in [6.07, 6.45) is 5.21. The van der Waals surface area contributed by atoms with E-state index in [2.05, 4.69) is 19.9 Å². The van der Waals surface area contributed by atoms with Crippen molar-refractivity contribution >= 4 is 5.91 Å². The summed E-state index contributed by atoms with van der Waals surface area (Å²) in [5, 5.41) is 9.20. The Morgan fingerprint density at radius 3 is 2.58 bits per heavy atom. The fraction of sp³-hybridized carbons (Fsp3) is 0.867. The molecule has 1 heterocycles. The normalized spacial score (nSPS) is 36.4. The topological polar surface area (TPSA) is 70.1 Å². The van der Waals surface area contributed by atoms with Crippen LogP contribution in [0.25, 0.3) is 0 Å². The first-order valence-corrected chi connectivity index (χ1v) is 7.48. The third-order valence-corrected chi connectivity index (χ3v) is 5.83. The molecule has 104 valence electrons. The van der Waals surface area contributed by atoms with Crippen molar-refractivity contribution in [2.24, 2.45) is 23.0 Å². The van der Waals surface area contributed by atoms with Gasteiger partial charge in [0.25, 0.3) is 0 Å². The molecule has 0 radical (unpaired) electrons. The van der Waals surface area contributed by atoms with Crippen LogP contribution in [0.3, 0.4) is 0 Å². The minimum Gasteiger partial charge on any atom is -0.322 e. The van der Waals surface area contributed by atoms with Crippen molar-refractivity contribution in [3.63, 3.8) is 0 Å². The Bertz CT molecular complexity index is 435. The predicted molar refractivity (Wildman–Crippen MR) is 71.9 cm³/mol. The van der Waals surface area contributed by atoms with Gasteiger partial charge in [-0.25, -0.2) is 0 Å². The Morgan fingerprint density at radius 2 is 2.11 bits per heavy atom. The number of likely N-dealkylation sites (tertiary alicyclic amines) is 1. The Labute approximate surface area is 114 Å². The summed E-state index contributed by atoms with van der Waals surface area (Å²) in [7, 11) is 0. The van der Waals surface area contributed by atoms with E-state index < -0.39 is 6.04 Å². The highest BCUT2D eigenvalue weighted by Crippen LogP contribution is 2.52. The van der Waals surface area contributed by atoms with Crippen LogP contribution in [-0.2, 0) is 4.79 Å². The molecule has 4 heteroatoms. The number of nitriles is 1. The monoisotopic (exact) mass is 261 g/mol. The highest BCUT2D eigenvalue weighted by molar-refractivity contribution is 5.84. The van der Waals surface area contributed by atoms with Gasteiger partial charge in [-0.3, -0.25) is 4.79 Å². The summed E-state index contributed by atoms with van der Waals surface area (Å²) in [5.74, 6) is 1.03. The van der Waals surface area contributed by atoms with Crippen LogP contribution in [0.4, 0.5) is 0 Å². The zero-order valence-electron chi connectivity index (χ0n) is 11.8. The van der Waals surface area contributed by atoms with Crippen LogP contribution in [0, 0.1) is 28.6 Å². The SMILES string of the molecule is CC(C)C1([C@H](N)C(=O)N2[C@H](C#N)C[C@@H]3C[C@@H]32)CCC1. The van der Waals surface area contributed by atoms with Crippen LogP contribution in [0.1, 0.15) is 46.0 Å². The first-order chi connectivity index (χ1) is 9.01. The maximum Gasteiger partial charge on any atom is 0.241 e. The molecule has 0 unspecified atom stereocenters. The molecule has 3 rings (SSSR count). The van der Waals surface area contributed by atoms with Crippen molar-refractivity contribution in [1.82, 2.24) is 4.90 Å². The lowest BCUT2D eigenvalue weighted by molar-refractivity contribution is -0.140. The van der Waals surface area contributed by atoms with Crippen molar-refractivity contribution < 1.29 is 4.79 Å². The van der Waals surface area contributed by atoms with Gasteiger partial charge in [0.1, 0.15) is 6.04 Å². The summed E-state index contributed by atoms with van der Waals surface area (Å²) in [5.41, 5.74) is 6.31. The third-order valence-electron chi connectivity index (χ3n) is 5.83. The second kappa shape index (κ2) is 4.21. The van der Waals surface area contributed by atoms with E-state index in [-0.39, 0.29) is 17.4 Å². The van der Waals surface area contributed by atoms with Crippen molar-refractivity contribution in [2.75, 3.05) is 0 Å². The van der Waals surface area contributed by atoms with E-state index in [0.717, 1.165) is 25.7 Å². The summed E-state index contributed by atoms with van der Waals surface area (Å²) >= 11 is 0. The number of nitrogens with zero attached hydrogens (tertiary/aromatic N) is 2. The lowest BCUT2D eigenvalue weighted by Crippen LogP contribution is -2.59. The third kappa shape index (κ3) is 1.71. The number of fused-ring (bicyclic) bond motifs is 1. The van der Waals surface area contributed by atoms with Crippen molar-refractivity contribution in [2.45, 2.75) is 64.1 Å². The number of nitrogens with two attached hydrogens (primary N) is 1. The second-order valence-corrected chi connectivity index (χ2v) is 6.91. The summed E-state index contributed by atoms with van der Waals surface area (Å²) < 4.78 is 0. The Morgan fingerprint density at radius 1 is 1.42 bits per heavy atom. The maximum atomic E-state index is 12.7. The quantitative estimate of drug-likeness (QED) is 0.839. The molecular formula is C15H23N3O. The lowest BCUT2D eigenvalue weighted by Gasteiger charge is -2.50. The molecule has 0 aromatic heterocycles. The predicted octanol–water partition coefficient (Wildman–Crippen LogP) is 1.65. The highest BCUT2D eigenvalue weighted by Gasteiger charge is 2.57. The van der Waals surface area contributed by atoms with Gasteiger partial charge in [-0.15, -0.1) is 0 Å². The number of carbonyl (C=O) groups is 1. The molecule has 19 heavy (non-hydrogen) atoms. The van der Waals surface area contributed by atoms with Crippen LogP contribution >= 0.6 is 0 Å². The number of hydrogen-bond donors (Lipinski definition) is 1. The molecule has 4 atom stereocenters. The van der Waals surface area contributed by atoms with Crippen molar-refractivity contribution in [1.29, 1.82) is 5.26 Å². The number of hydrogen-bond acceptors (Lipinski definition) is 3. The van der Waals surface area contributed by atoms with Crippen LogP contribution in [0.5, 0.6) is 0 Å². The second-order valence-electron chi connectivity index (χ2n) is 6.91. The van der Waals surface area contributed by atoms with Crippen LogP contribution in [0.15, 0.2) is 0 Å². The molecule has 3 aliphatic rings. The molecule has 2 N–H and O–H groups in total. The largest absolute Gasteiger partial charge is 0.322 e. The molecule has 0 spiro atoms. The minimum atomic E-state index is -0.420. The molecule has 1 aliphatic heterocycles. The number of rotatable bonds is 3. The molecule has 1 saturated heterocycles. The number of carbonyl (C=O) groups excluding carboxylic acids is 1. The van der Waals surface area contributed by atoms with Gasteiger partial charge >= 0.3 is 0 Å². The van der Waals surface area contributed by atoms with E-state index in [9.17, 15) is 10.1 Å². The van der Waals surface area contributed by atoms with Gasteiger partial charge in [-0.1, -0.05) is 20.3 Å². The number of amides is 1. The average Bonchev–Trinajstić information content (AvgIpc) is 2.97. The van der Waals surface area contributed by atoms with Gasteiger partial charge < -0.3 is 10.6 Å². The van der Waals surface area contributed by atoms with Crippen molar-refractivity contribution in [3.8, 4) is 6.07 Å². The molecule has 1 amide bonds. The minimum absolute atomic E-state index is 0.0237. The Balaban J connectivity index is 1.78. The van der Waals surface area contributed by atoms with Gasteiger partial charge in [0.15, 0.2) is 0 Å².